The summed E-state index contributed by atoms with van der Waals surface area (Å²) in [6, 6.07) is 0. The number of rotatable bonds is 2. The van der Waals surface area contributed by atoms with Gasteiger partial charge < -0.3 is 77.7 Å². The van der Waals surface area contributed by atoms with E-state index in [9.17, 15) is 0 Å². The fourth-order valence-corrected chi connectivity index (χ4v) is 0. The maximum absolute atomic E-state index is 8.00. The third kappa shape index (κ3) is 1150. The van der Waals surface area contributed by atoms with Crippen molar-refractivity contribution in [1.29, 1.82) is 0 Å². The van der Waals surface area contributed by atoms with E-state index in [1.807, 2.05) is 0 Å². The third-order valence-electron chi connectivity index (χ3n) is 0.250. The molecule has 0 aromatic carbocycles. The van der Waals surface area contributed by atoms with E-state index in [1.54, 1.807) is 18.8 Å². The first-order chi connectivity index (χ1) is 10.5. The van der Waals surface area contributed by atoms with Crippen LogP contribution in [-0.2, 0) is 51.7 Å². The van der Waals surface area contributed by atoms with Crippen molar-refractivity contribution in [1.82, 2.24) is 0 Å². The molecule has 0 saturated heterocycles. The van der Waals surface area contributed by atoms with Crippen LogP contribution in [0.3, 0.4) is 0 Å². The van der Waals surface area contributed by atoms with E-state index in [0.717, 1.165) is 10.7 Å². The van der Waals surface area contributed by atoms with Crippen molar-refractivity contribution in [3.05, 3.63) is 77.7 Å². The molecular weight excluding hydrogens is 1020 g/mol. The fraction of sp³-hybridized carbons (Fsp3) is 0.571. The molecular formula is C7H25Cl5N8O4Pt3-11. The minimum atomic E-state index is -0.472. The molecule has 0 aliphatic heterocycles. The molecule has 0 fully saturated rings. The van der Waals surface area contributed by atoms with Gasteiger partial charge in [0.15, 0.2) is 0 Å². The summed E-state index contributed by atoms with van der Waals surface area (Å²) in [5, 5.41) is 18.0. The average Bonchev–Trinajstić information content (AvgIpc) is 2.52. The maximum Gasteiger partial charge on any atom is -0.171 e. The first-order valence-corrected chi connectivity index (χ1v) is 17.8. The van der Waals surface area contributed by atoms with Gasteiger partial charge in [-0.1, -0.05) is 0 Å². The molecule has 193 valence electrons. The molecule has 0 unspecified atom stereocenters. The number of hydrogen-bond acceptors (Lipinski definition) is 6. The number of nitrogens with two attached hydrogens (primary N) is 2. The van der Waals surface area contributed by atoms with Crippen LogP contribution in [0.1, 0.15) is 0 Å². The number of hydrogen-bond donors (Lipinski definition) is 0. The van der Waals surface area contributed by atoms with Gasteiger partial charge in [0.05, 0.1) is 0 Å². The molecule has 0 heterocycles. The van der Waals surface area contributed by atoms with Crippen LogP contribution in [0, 0.1) is 42.5 Å². The van der Waals surface area contributed by atoms with Crippen LogP contribution in [0.4, 0.5) is 0 Å². The Morgan fingerprint density at radius 3 is 0.704 bits per heavy atom. The summed E-state index contributed by atoms with van der Waals surface area (Å²) in [6.07, 6.45) is 0. The van der Waals surface area contributed by atoms with Crippen LogP contribution >= 0.6 is 47.1 Å². The monoisotopic (exact) mass is 1040 g/mol. The van der Waals surface area contributed by atoms with Gasteiger partial charge in [-0.05, 0) is 0 Å². The van der Waals surface area contributed by atoms with Gasteiger partial charge in [-0.15, -0.1) is 10.7 Å². The SMILES string of the molecule is O=N[O-].O=N[O-].[CH3-].[CH3-].[CH3-].[Cl][Pt].[Cl][Pt][Cl].[Cl][Pt][Cl].[NH-]CC[NH-].[NH-]CC[NH-].[NH2-].[NH2-]. The van der Waals surface area contributed by atoms with Gasteiger partial charge >= 0.3 is 98.8 Å². The standard InChI is InChI=1S/2C2H6N2.3CH3.5ClH.2HNO2.2H2N.3Pt/c2*3-1-2-4;;;;;;;;;2*2-1-3;;;;;/h2*3-4H,1-2H2;3*1H3;5*1H;2*(H,2,3);2*1H2;;;/q2*-2;3*-1;;;;;;;;2*-1;+1;2*+2/p-7. The largest absolute Gasteiger partial charge is 0.693 e. The Morgan fingerprint density at radius 2 is 0.704 bits per heavy atom. The second kappa shape index (κ2) is 203. The van der Waals surface area contributed by atoms with Gasteiger partial charge in [0, 0.05) is 0 Å². The van der Waals surface area contributed by atoms with Gasteiger partial charge in [-0.3, -0.25) is 0 Å². The van der Waals surface area contributed by atoms with Gasteiger partial charge in [0.1, 0.15) is 0 Å². The predicted octanol–water partition coefficient (Wildman–Crippen LogP) is 8.91. The quantitative estimate of drug-likeness (QED) is 0.149. The molecule has 0 aromatic heterocycles. The smallest absolute Gasteiger partial charge is 0.171 e. The Labute approximate surface area is 211 Å². The van der Waals surface area contributed by atoms with Crippen molar-refractivity contribution in [3.8, 4) is 0 Å². The minimum Gasteiger partial charge on any atom is -0.693 e. The van der Waals surface area contributed by atoms with E-state index in [-0.39, 0.29) is 60.8 Å². The normalized spacial score (nSPS) is 5.00. The summed E-state index contributed by atoms with van der Waals surface area (Å²) in [6.45, 7) is 0.944. The second-order valence-corrected chi connectivity index (χ2v) is 7.81. The molecule has 0 spiro atoms. The molecule has 20 heteroatoms. The maximum atomic E-state index is 8.00. The molecule has 0 amide bonds. The molecule has 27 heavy (non-hydrogen) atoms. The summed E-state index contributed by atoms with van der Waals surface area (Å²) in [4.78, 5) is 16.0. The van der Waals surface area contributed by atoms with Crippen LogP contribution in [0.15, 0.2) is 10.7 Å². The van der Waals surface area contributed by atoms with E-state index in [2.05, 4.69) is 9.42 Å². The molecule has 0 aliphatic rings. The van der Waals surface area contributed by atoms with Crippen LogP contribution in [-0.4, -0.2) is 26.2 Å². The summed E-state index contributed by atoms with van der Waals surface area (Å²) in [5.41, 5.74) is 25.1. The summed E-state index contributed by atoms with van der Waals surface area (Å²) in [5.74, 6) is 0. The van der Waals surface area contributed by atoms with E-state index < -0.39 is 33.0 Å². The molecule has 0 aliphatic carbocycles. The van der Waals surface area contributed by atoms with Crippen LogP contribution < -0.4 is 0 Å². The van der Waals surface area contributed by atoms with Crippen molar-refractivity contribution >= 4 is 47.1 Å². The summed E-state index contributed by atoms with van der Waals surface area (Å²) in [7, 11) is 24.1. The Balaban J connectivity index is -0.00000000951. The number of nitrogens with one attached hydrogen (secondary N) is 4. The molecule has 0 saturated carbocycles. The van der Waals surface area contributed by atoms with Crippen LogP contribution in [0.5, 0.6) is 0 Å². The van der Waals surface area contributed by atoms with Crippen molar-refractivity contribution in [2.75, 3.05) is 26.2 Å². The average molecular weight is 1050 g/mol. The van der Waals surface area contributed by atoms with E-state index in [4.69, 9.17) is 80.8 Å². The molecule has 0 radical (unpaired) electrons. The first-order valence-electron chi connectivity index (χ1n) is 3.74. The van der Waals surface area contributed by atoms with Gasteiger partial charge in [0.2, 0.25) is 0 Å². The second-order valence-electron chi connectivity index (χ2n) is 1.24. The van der Waals surface area contributed by atoms with Crippen molar-refractivity contribution in [2.45, 2.75) is 0 Å². The van der Waals surface area contributed by atoms with Gasteiger partial charge in [-0.25, -0.2) is 0 Å². The first kappa shape index (κ1) is 78.6. The van der Waals surface area contributed by atoms with E-state index in [0.29, 0.717) is 0 Å². The molecule has 0 bridgehead atoms. The Hall–Kier alpha value is 2.07. The molecule has 0 rings (SSSR count). The molecule has 0 atom stereocenters. The Bertz CT molecular complexity index is 126. The fourth-order valence-electron chi connectivity index (χ4n) is 0. The summed E-state index contributed by atoms with van der Waals surface area (Å²) >= 11 is 0.667. The zero-order chi connectivity index (χ0) is 19.7. The van der Waals surface area contributed by atoms with Gasteiger partial charge in [-0.2, -0.15) is 26.2 Å². The molecule has 0 aromatic rings. The number of nitrogens with zero attached hydrogens (tertiary/aromatic N) is 2. The minimum absolute atomic E-state index is 0. The van der Waals surface area contributed by atoms with E-state index in [1.165, 1.54) is 0 Å². The van der Waals surface area contributed by atoms with Crippen molar-refractivity contribution < 1.29 is 51.7 Å². The molecule has 8 N–H and O–H groups in total. The van der Waals surface area contributed by atoms with Crippen molar-refractivity contribution in [2.24, 2.45) is 10.7 Å². The predicted molar refractivity (Wildman–Crippen MR) is 114 cm³/mol. The Morgan fingerprint density at radius 1 is 0.667 bits per heavy atom. The molecule has 12 nitrogen and oxygen atoms in total. The van der Waals surface area contributed by atoms with Crippen molar-refractivity contribution in [3.63, 3.8) is 0 Å². The third-order valence-corrected chi connectivity index (χ3v) is 0.250. The zero-order valence-corrected chi connectivity index (χ0v) is 24.9. The van der Waals surface area contributed by atoms with Crippen LogP contribution in [0.25, 0.3) is 35.2 Å². The van der Waals surface area contributed by atoms with Crippen LogP contribution in [0.2, 0.25) is 0 Å². The Kier molecular flexibility index (Phi) is 590. The summed E-state index contributed by atoms with van der Waals surface area (Å²) < 4.78 is 0. The van der Waals surface area contributed by atoms with Gasteiger partial charge in [0.25, 0.3) is 0 Å². The zero-order valence-electron chi connectivity index (χ0n) is 14.3. The topological polar surface area (TPSA) is 267 Å². The number of halogens is 5. The van der Waals surface area contributed by atoms with E-state index >= 15 is 0 Å².